The Bertz CT molecular complexity index is 1120. The normalized spacial score (nSPS) is 15.7. The Morgan fingerprint density at radius 2 is 1.64 bits per heavy atom. The summed E-state index contributed by atoms with van der Waals surface area (Å²) in [6, 6.07) is 12.1. The van der Waals surface area contributed by atoms with E-state index in [1.54, 1.807) is 43.4 Å². The van der Waals surface area contributed by atoms with E-state index < -0.39 is 23.9 Å². The number of carbonyl (C=O) groups excluding carboxylic acids is 4. The molecule has 1 heterocycles. The fourth-order valence-electron chi connectivity index (χ4n) is 3.85. The average molecular weight is 498 g/mol. The van der Waals surface area contributed by atoms with E-state index in [1.165, 1.54) is 13.8 Å². The maximum atomic E-state index is 12.6. The Morgan fingerprint density at radius 3 is 2.25 bits per heavy atom. The van der Waals surface area contributed by atoms with Crippen molar-refractivity contribution in [2.24, 2.45) is 5.92 Å². The Morgan fingerprint density at radius 1 is 1.00 bits per heavy atom. The number of nitrogens with zero attached hydrogens (tertiary/aromatic N) is 1. The van der Waals surface area contributed by atoms with E-state index in [1.807, 2.05) is 18.2 Å². The van der Waals surface area contributed by atoms with Gasteiger partial charge >= 0.3 is 5.97 Å². The molecule has 2 N–H and O–H groups in total. The molecule has 3 amide bonds. The SMILES string of the molecule is COc1ccc(CCN2C[C@H](C(=O)O[C@H](C)C(=O)Nc3ccc(NC(C)=O)cc3)CC2=O)cc1OC. The molecule has 0 bridgehead atoms. The van der Waals surface area contributed by atoms with Crippen LogP contribution in [-0.2, 0) is 30.3 Å². The largest absolute Gasteiger partial charge is 0.493 e. The molecule has 10 nitrogen and oxygen atoms in total. The van der Waals surface area contributed by atoms with Gasteiger partial charge in [-0.05, 0) is 55.3 Å². The molecule has 1 aliphatic rings. The van der Waals surface area contributed by atoms with Crippen LogP contribution in [0.3, 0.4) is 0 Å². The van der Waals surface area contributed by atoms with Crippen LogP contribution >= 0.6 is 0 Å². The second-order valence-electron chi connectivity index (χ2n) is 8.51. The Labute approximate surface area is 209 Å². The molecule has 0 aliphatic carbocycles. The topological polar surface area (TPSA) is 123 Å². The van der Waals surface area contributed by atoms with Gasteiger partial charge in [-0.25, -0.2) is 0 Å². The first kappa shape index (κ1) is 26.5. The van der Waals surface area contributed by atoms with Gasteiger partial charge in [-0.1, -0.05) is 6.07 Å². The quantitative estimate of drug-likeness (QED) is 0.484. The van der Waals surface area contributed by atoms with Crippen LogP contribution in [0.4, 0.5) is 11.4 Å². The van der Waals surface area contributed by atoms with Gasteiger partial charge in [0.25, 0.3) is 5.91 Å². The van der Waals surface area contributed by atoms with E-state index in [9.17, 15) is 19.2 Å². The van der Waals surface area contributed by atoms with Crippen molar-refractivity contribution in [1.82, 2.24) is 4.90 Å². The van der Waals surface area contributed by atoms with Gasteiger partial charge in [0.15, 0.2) is 17.6 Å². The monoisotopic (exact) mass is 497 g/mol. The average Bonchev–Trinajstić information content (AvgIpc) is 3.23. The van der Waals surface area contributed by atoms with Crippen molar-refractivity contribution in [2.45, 2.75) is 32.8 Å². The molecule has 1 fully saturated rings. The number of esters is 1. The molecule has 0 saturated carbocycles. The molecule has 192 valence electrons. The minimum Gasteiger partial charge on any atom is -0.493 e. The summed E-state index contributed by atoms with van der Waals surface area (Å²) < 4.78 is 15.9. The van der Waals surface area contributed by atoms with Crippen molar-refractivity contribution >= 4 is 35.1 Å². The number of carbonyl (C=O) groups is 4. The molecular weight excluding hydrogens is 466 g/mol. The van der Waals surface area contributed by atoms with Gasteiger partial charge < -0.3 is 29.7 Å². The van der Waals surface area contributed by atoms with Crippen LogP contribution in [0.15, 0.2) is 42.5 Å². The van der Waals surface area contributed by atoms with Crippen molar-refractivity contribution < 1.29 is 33.4 Å². The molecule has 0 aromatic heterocycles. The Kier molecular flexibility index (Phi) is 8.88. The number of amides is 3. The summed E-state index contributed by atoms with van der Waals surface area (Å²) in [6.45, 7) is 3.57. The fraction of sp³-hybridized carbons (Fsp3) is 0.385. The minimum atomic E-state index is -1.04. The highest BCUT2D eigenvalue weighted by Crippen LogP contribution is 2.28. The third-order valence-electron chi connectivity index (χ3n) is 5.80. The van der Waals surface area contributed by atoms with Crippen molar-refractivity contribution in [2.75, 3.05) is 37.9 Å². The summed E-state index contributed by atoms with van der Waals surface area (Å²) >= 11 is 0. The van der Waals surface area contributed by atoms with Crippen molar-refractivity contribution in [3.05, 3.63) is 48.0 Å². The van der Waals surface area contributed by atoms with Crippen LogP contribution in [-0.4, -0.2) is 62.0 Å². The number of nitrogens with one attached hydrogen (secondary N) is 2. The van der Waals surface area contributed by atoms with Crippen molar-refractivity contribution in [3.63, 3.8) is 0 Å². The molecule has 2 aromatic carbocycles. The first-order chi connectivity index (χ1) is 17.2. The molecule has 0 radical (unpaired) electrons. The van der Waals surface area contributed by atoms with Crippen LogP contribution < -0.4 is 20.1 Å². The third-order valence-corrected chi connectivity index (χ3v) is 5.80. The highest BCUT2D eigenvalue weighted by Gasteiger charge is 2.36. The molecule has 36 heavy (non-hydrogen) atoms. The lowest BCUT2D eigenvalue weighted by Crippen LogP contribution is -2.33. The molecule has 2 atom stereocenters. The number of hydrogen-bond donors (Lipinski definition) is 2. The lowest BCUT2D eigenvalue weighted by molar-refractivity contribution is -0.157. The van der Waals surface area contributed by atoms with E-state index in [-0.39, 0.29) is 24.8 Å². The predicted octanol–water partition coefficient (Wildman–Crippen LogP) is 2.62. The molecule has 0 spiro atoms. The van der Waals surface area contributed by atoms with E-state index in [0.717, 1.165) is 5.56 Å². The number of ether oxygens (including phenoxy) is 3. The highest BCUT2D eigenvalue weighted by molar-refractivity contribution is 5.96. The number of methoxy groups -OCH3 is 2. The third kappa shape index (κ3) is 6.97. The standard InChI is InChI=1S/C26H31N3O7/c1-16(25(32)28-21-8-6-20(7-9-21)27-17(2)30)36-26(33)19-14-24(31)29(15-19)12-11-18-5-10-22(34-3)23(13-18)35-4/h5-10,13,16,19H,11-12,14-15H2,1-4H3,(H,27,30)(H,28,32)/t16-,19-/m1/s1. The number of hydrogen-bond acceptors (Lipinski definition) is 7. The summed E-state index contributed by atoms with van der Waals surface area (Å²) in [7, 11) is 3.13. The summed E-state index contributed by atoms with van der Waals surface area (Å²) in [4.78, 5) is 50.3. The second-order valence-corrected chi connectivity index (χ2v) is 8.51. The summed E-state index contributed by atoms with van der Waals surface area (Å²) in [5, 5.41) is 5.30. The van der Waals surface area contributed by atoms with Crippen LogP contribution in [0.2, 0.25) is 0 Å². The minimum absolute atomic E-state index is 0.0454. The van der Waals surface area contributed by atoms with Gasteiger partial charge in [-0.2, -0.15) is 0 Å². The zero-order chi connectivity index (χ0) is 26.2. The summed E-state index contributed by atoms with van der Waals surface area (Å²) in [5.41, 5.74) is 2.07. The summed E-state index contributed by atoms with van der Waals surface area (Å²) in [6.07, 6.45) is -0.402. The van der Waals surface area contributed by atoms with E-state index in [4.69, 9.17) is 14.2 Å². The van der Waals surface area contributed by atoms with E-state index in [0.29, 0.717) is 35.8 Å². The lowest BCUT2D eigenvalue weighted by atomic mass is 10.1. The van der Waals surface area contributed by atoms with Crippen molar-refractivity contribution in [3.8, 4) is 11.5 Å². The fourth-order valence-corrected chi connectivity index (χ4v) is 3.85. The maximum absolute atomic E-state index is 12.6. The first-order valence-corrected chi connectivity index (χ1v) is 11.6. The highest BCUT2D eigenvalue weighted by atomic mass is 16.5. The van der Waals surface area contributed by atoms with Crippen molar-refractivity contribution in [1.29, 1.82) is 0 Å². The molecule has 3 rings (SSSR count). The molecule has 1 saturated heterocycles. The maximum Gasteiger partial charge on any atom is 0.312 e. The lowest BCUT2D eigenvalue weighted by Gasteiger charge is -2.18. The second kappa shape index (κ2) is 12.1. The van der Waals surface area contributed by atoms with Crippen LogP contribution in [0.1, 0.15) is 25.8 Å². The van der Waals surface area contributed by atoms with Crippen LogP contribution in [0.5, 0.6) is 11.5 Å². The van der Waals surface area contributed by atoms with E-state index >= 15 is 0 Å². The Balaban J connectivity index is 1.48. The number of anilines is 2. The predicted molar refractivity (Wildman–Crippen MR) is 133 cm³/mol. The summed E-state index contributed by atoms with van der Waals surface area (Å²) in [5.74, 6) is -0.798. The molecular formula is C26H31N3O7. The first-order valence-electron chi connectivity index (χ1n) is 11.6. The van der Waals surface area contributed by atoms with E-state index in [2.05, 4.69) is 10.6 Å². The molecule has 1 aliphatic heterocycles. The number of benzene rings is 2. The van der Waals surface area contributed by atoms with Gasteiger partial charge in [0.1, 0.15) is 0 Å². The number of rotatable bonds is 10. The van der Waals surface area contributed by atoms with Gasteiger partial charge in [0, 0.05) is 37.8 Å². The zero-order valence-electron chi connectivity index (χ0n) is 20.8. The molecule has 10 heteroatoms. The van der Waals surface area contributed by atoms with Gasteiger partial charge in [0.2, 0.25) is 11.8 Å². The zero-order valence-corrected chi connectivity index (χ0v) is 20.8. The van der Waals surface area contributed by atoms with Gasteiger partial charge in [-0.3, -0.25) is 19.2 Å². The molecule has 0 unspecified atom stereocenters. The Hall–Kier alpha value is -4.08. The molecule has 2 aromatic rings. The van der Waals surface area contributed by atoms with Gasteiger partial charge in [-0.15, -0.1) is 0 Å². The van der Waals surface area contributed by atoms with Crippen LogP contribution in [0, 0.1) is 5.92 Å². The van der Waals surface area contributed by atoms with Crippen LogP contribution in [0.25, 0.3) is 0 Å². The van der Waals surface area contributed by atoms with Gasteiger partial charge in [0.05, 0.1) is 20.1 Å². The number of likely N-dealkylation sites (tertiary alicyclic amines) is 1. The smallest absolute Gasteiger partial charge is 0.312 e.